The fourth-order valence-electron chi connectivity index (χ4n) is 1.65. The molecule has 0 saturated carbocycles. The third-order valence-electron chi connectivity index (χ3n) is 2.58. The Balaban J connectivity index is 3.00. The SMILES string of the molecule is COc1ccc([C@@H](CN)CC(=O)O)cc1OC. The summed E-state index contributed by atoms with van der Waals surface area (Å²) in [5, 5.41) is 8.79. The summed E-state index contributed by atoms with van der Waals surface area (Å²) in [6, 6.07) is 5.32. The van der Waals surface area contributed by atoms with Crippen molar-refractivity contribution in [1.82, 2.24) is 0 Å². The van der Waals surface area contributed by atoms with Gasteiger partial charge in [0.25, 0.3) is 0 Å². The molecule has 1 atom stereocenters. The van der Waals surface area contributed by atoms with Gasteiger partial charge in [0.2, 0.25) is 0 Å². The van der Waals surface area contributed by atoms with Crippen LogP contribution in [0.25, 0.3) is 0 Å². The van der Waals surface area contributed by atoms with Crippen LogP contribution in [-0.2, 0) is 4.79 Å². The van der Waals surface area contributed by atoms with E-state index < -0.39 is 5.97 Å². The second-order valence-electron chi connectivity index (χ2n) is 3.64. The maximum absolute atomic E-state index is 10.7. The van der Waals surface area contributed by atoms with Gasteiger partial charge in [-0.3, -0.25) is 4.79 Å². The number of carboxylic acid groups (broad SMARTS) is 1. The molecule has 3 N–H and O–H groups in total. The molecular formula is C12H17NO4. The number of carboxylic acids is 1. The van der Waals surface area contributed by atoms with Gasteiger partial charge in [-0.05, 0) is 24.2 Å². The van der Waals surface area contributed by atoms with Crippen LogP contribution in [0.1, 0.15) is 17.9 Å². The van der Waals surface area contributed by atoms with Gasteiger partial charge in [-0.2, -0.15) is 0 Å². The Morgan fingerprint density at radius 2 is 2.00 bits per heavy atom. The van der Waals surface area contributed by atoms with Crippen LogP contribution < -0.4 is 15.2 Å². The fourth-order valence-corrected chi connectivity index (χ4v) is 1.65. The zero-order valence-corrected chi connectivity index (χ0v) is 9.97. The Labute approximate surface area is 100 Å². The van der Waals surface area contributed by atoms with E-state index in [4.69, 9.17) is 20.3 Å². The van der Waals surface area contributed by atoms with Crippen molar-refractivity contribution in [2.24, 2.45) is 5.73 Å². The fraction of sp³-hybridized carbons (Fsp3) is 0.417. The van der Waals surface area contributed by atoms with E-state index in [-0.39, 0.29) is 18.9 Å². The van der Waals surface area contributed by atoms with Crippen molar-refractivity contribution in [3.63, 3.8) is 0 Å². The second-order valence-corrected chi connectivity index (χ2v) is 3.64. The predicted molar refractivity (Wildman–Crippen MR) is 63.6 cm³/mol. The molecule has 0 fully saturated rings. The highest BCUT2D eigenvalue weighted by Crippen LogP contribution is 2.31. The Hall–Kier alpha value is -1.75. The molecule has 0 spiro atoms. The van der Waals surface area contributed by atoms with E-state index >= 15 is 0 Å². The highest BCUT2D eigenvalue weighted by Gasteiger charge is 2.16. The first-order valence-electron chi connectivity index (χ1n) is 5.26. The van der Waals surface area contributed by atoms with Gasteiger partial charge in [-0.15, -0.1) is 0 Å². The van der Waals surface area contributed by atoms with Crippen molar-refractivity contribution in [3.05, 3.63) is 23.8 Å². The first-order valence-corrected chi connectivity index (χ1v) is 5.26. The predicted octanol–water partition coefficient (Wildman–Crippen LogP) is 1.22. The smallest absolute Gasteiger partial charge is 0.304 e. The molecule has 0 saturated heterocycles. The molecule has 0 aliphatic carbocycles. The van der Waals surface area contributed by atoms with Gasteiger partial charge in [0, 0.05) is 5.92 Å². The summed E-state index contributed by atoms with van der Waals surface area (Å²) in [5.74, 6) is 0.110. The largest absolute Gasteiger partial charge is 0.493 e. The van der Waals surface area contributed by atoms with Crippen molar-refractivity contribution < 1.29 is 19.4 Å². The Morgan fingerprint density at radius 1 is 1.35 bits per heavy atom. The second kappa shape index (κ2) is 6.10. The van der Waals surface area contributed by atoms with Crippen LogP contribution >= 0.6 is 0 Å². The number of benzene rings is 1. The first kappa shape index (κ1) is 13.3. The lowest BCUT2D eigenvalue weighted by molar-refractivity contribution is -0.137. The summed E-state index contributed by atoms with van der Waals surface area (Å²) in [6.45, 7) is 0.280. The van der Waals surface area contributed by atoms with Gasteiger partial charge < -0.3 is 20.3 Å². The van der Waals surface area contributed by atoms with Crippen LogP contribution in [0.2, 0.25) is 0 Å². The van der Waals surface area contributed by atoms with Gasteiger partial charge in [0.05, 0.1) is 20.6 Å². The highest BCUT2D eigenvalue weighted by atomic mass is 16.5. The van der Waals surface area contributed by atoms with Crippen LogP contribution in [0.4, 0.5) is 0 Å². The average Bonchev–Trinajstić information content (AvgIpc) is 2.34. The van der Waals surface area contributed by atoms with Crippen molar-refractivity contribution in [3.8, 4) is 11.5 Å². The molecular weight excluding hydrogens is 222 g/mol. The van der Waals surface area contributed by atoms with E-state index in [9.17, 15) is 4.79 Å². The van der Waals surface area contributed by atoms with Crippen LogP contribution in [-0.4, -0.2) is 31.8 Å². The number of nitrogens with two attached hydrogens (primary N) is 1. The summed E-state index contributed by atoms with van der Waals surface area (Å²) in [4.78, 5) is 10.7. The van der Waals surface area contributed by atoms with Crippen LogP contribution in [0.3, 0.4) is 0 Å². The molecule has 0 bridgehead atoms. The maximum Gasteiger partial charge on any atom is 0.304 e. The minimum Gasteiger partial charge on any atom is -0.493 e. The van der Waals surface area contributed by atoms with E-state index in [0.29, 0.717) is 11.5 Å². The summed E-state index contributed by atoms with van der Waals surface area (Å²) >= 11 is 0. The third kappa shape index (κ3) is 3.35. The minimum atomic E-state index is -0.866. The summed E-state index contributed by atoms with van der Waals surface area (Å²) in [7, 11) is 3.09. The molecule has 0 radical (unpaired) electrons. The van der Waals surface area contributed by atoms with E-state index in [1.165, 1.54) is 7.11 Å². The van der Waals surface area contributed by atoms with Crippen molar-refractivity contribution in [2.45, 2.75) is 12.3 Å². The number of ether oxygens (including phenoxy) is 2. The normalized spacial score (nSPS) is 11.9. The highest BCUT2D eigenvalue weighted by molar-refractivity contribution is 5.68. The van der Waals surface area contributed by atoms with E-state index in [0.717, 1.165) is 5.56 Å². The number of aliphatic carboxylic acids is 1. The van der Waals surface area contributed by atoms with Crippen LogP contribution in [0.15, 0.2) is 18.2 Å². The molecule has 0 aromatic heterocycles. The summed E-state index contributed by atoms with van der Waals surface area (Å²) in [6.07, 6.45) is 0.00594. The van der Waals surface area contributed by atoms with Gasteiger partial charge in [-0.1, -0.05) is 6.07 Å². The summed E-state index contributed by atoms with van der Waals surface area (Å²) in [5.41, 5.74) is 6.42. The van der Waals surface area contributed by atoms with Gasteiger partial charge in [0.1, 0.15) is 0 Å². The molecule has 1 aromatic rings. The maximum atomic E-state index is 10.7. The molecule has 1 aromatic carbocycles. The molecule has 5 nitrogen and oxygen atoms in total. The zero-order valence-electron chi connectivity index (χ0n) is 9.97. The van der Waals surface area contributed by atoms with Gasteiger partial charge >= 0.3 is 5.97 Å². The average molecular weight is 239 g/mol. The quantitative estimate of drug-likeness (QED) is 0.780. The monoisotopic (exact) mass is 239 g/mol. The summed E-state index contributed by atoms with van der Waals surface area (Å²) < 4.78 is 10.3. The number of methoxy groups -OCH3 is 2. The van der Waals surface area contributed by atoms with Crippen LogP contribution in [0, 0.1) is 0 Å². The third-order valence-corrected chi connectivity index (χ3v) is 2.58. The Kier molecular flexibility index (Phi) is 4.78. The molecule has 0 heterocycles. The molecule has 0 aliphatic heterocycles. The number of carbonyl (C=O) groups is 1. The number of rotatable bonds is 6. The molecule has 0 aliphatic rings. The van der Waals surface area contributed by atoms with Gasteiger partial charge in [-0.25, -0.2) is 0 Å². The Morgan fingerprint density at radius 3 is 2.47 bits per heavy atom. The lowest BCUT2D eigenvalue weighted by atomic mass is 9.95. The first-order chi connectivity index (χ1) is 8.12. The van der Waals surface area contributed by atoms with Crippen LogP contribution in [0.5, 0.6) is 11.5 Å². The van der Waals surface area contributed by atoms with E-state index in [2.05, 4.69) is 0 Å². The van der Waals surface area contributed by atoms with Gasteiger partial charge in [0.15, 0.2) is 11.5 Å². The molecule has 0 amide bonds. The number of hydrogen-bond donors (Lipinski definition) is 2. The molecule has 94 valence electrons. The standard InChI is InChI=1S/C12H17NO4/c1-16-10-4-3-8(5-11(10)17-2)9(7-13)6-12(14)15/h3-5,9H,6-7,13H2,1-2H3,(H,14,15)/t9-/m1/s1. The van der Waals surface area contributed by atoms with Crippen molar-refractivity contribution in [1.29, 1.82) is 0 Å². The molecule has 1 rings (SSSR count). The Bertz CT molecular complexity index is 392. The topological polar surface area (TPSA) is 81.8 Å². The lowest BCUT2D eigenvalue weighted by Gasteiger charge is -2.15. The zero-order chi connectivity index (χ0) is 12.8. The lowest BCUT2D eigenvalue weighted by Crippen LogP contribution is -2.16. The molecule has 0 unspecified atom stereocenters. The van der Waals surface area contributed by atoms with Crippen molar-refractivity contribution >= 4 is 5.97 Å². The van der Waals surface area contributed by atoms with Crippen molar-refractivity contribution in [2.75, 3.05) is 20.8 Å². The minimum absolute atomic E-state index is 0.00594. The molecule has 17 heavy (non-hydrogen) atoms. The van der Waals surface area contributed by atoms with E-state index in [1.807, 2.05) is 6.07 Å². The van der Waals surface area contributed by atoms with E-state index in [1.54, 1.807) is 19.2 Å². The molecule has 5 heteroatoms. The number of hydrogen-bond acceptors (Lipinski definition) is 4.